The molecule has 0 aliphatic carbocycles. The maximum absolute atomic E-state index is 13.0. The smallest absolute Gasteiger partial charge is 0.126 e. The van der Waals surface area contributed by atoms with Crippen LogP contribution in [0.4, 0.5) is 4.39 Å². The summed E-state index contributed by atoms with van der Waals surface area (Å²) in [7, 11) is 0. The Bertz CT molecular complexity index is 307. The Morgan fingerprint density at radius 1 is 1.36 bits per heavy atom. The van der Waals surface area contributed by atoms with Crippen LogP contribution in [0, 0.1) is 12.7 Å². The SMILES string of the molecule is Cc1cc(C(C)CC(C)N)ccc1F. The fraction of sp³-hybridized carbons (Fsp3) is 0.500. The van der Waals surface area contributed by atoms with Crippen LogP contribution in [0.1, 0.15) is 37.3 Å². The third-order valence-corrected chi connectivity index (χ3v) is 2.48. The van der Waals surface area contributed by atoms with E-state index in [1.165, 1.54) is 11.6 Å². The van der Waals surface area contributed by atoms with Crippen molar-refractivity contribution in [2.45, 2.75) is 39.2 Å². The summed E-state index contributed by atoms with van der Waals surface area (Å²) in [6, 6.07) is 5.47. The second-order valence-electron chi connectivity index (χ2n) is 4.12. The van der Waals surface area contributed by atoms with E-state index < -0.39 is 0 Å². The van der Waals surface area contributed by atoms with E-state index in [4.69, 9.17) is 5.73 Å². The highest BCUT2D eigenvalue weighted by atomic mass is 19.1. The lowest BCUT2D eigenvalue weighted by molar-refractivity contribution is 0.581. The predicted octanol–water partition coefficient (Wildman–Crippen LogP) is 2.97. The van der Waals surface area contributed by atoms with Gasteiger partial charge in [-0.2, -0.15) is 0 Å². The third kappa shape index (κ3) is 2.81. The van der Waals surface area contributed by atoms with Crippen molar-refractivity contribution in [1.29, 1.82) is 0 Å². The van der Waals surface area contributed by atoms with Crippen molar-refractivity contribution in [3.63, 3.8) is 0 Å². The quantitative estimate of drug-likeness (QED) is 0.788. The minimum atomic E-state index is -0.137. The van der Waals surface area contributed by atoms with Gasteiger partial charge >= 0.3 is 0 Å². The fourth-order valence-corrected chi connectivity index (χ4v) is 1.67. The van der Waals surface area contributed by atoms with E-state index in [1.54, 1.807) is 6.92 Å². The van der Waals surface area contributed by atoms with Crippen LogP contribution in [0.3, 0.4) is 0 Å². The summed E-state index contributed by atoms with van der Waals surface area (Å²) < 4.78 is 13.0. The molecular formula is C12H18FN. The van der Waals surface area contributed by atoms with Gasteiger partial charge in [-0.1, -0.05) is 19.1 Å². The van der Waals surface area contributed by atoms with Crippen LogP contribution in [0.25, 0.3) is 0 Å². The summed E-state index contributed by atoms with van der Waals surface area (Å²) in [5.41, 5.74) is 7.60. The van der Waals surface area contributed by atoms with Crippen molar-refractivity contribution in [3.05, 3.63) is 35.1 Å². The van der Waals surface area contributed by atoms with Gasteiger partial charge in [0.1, 0.15) is 5.82 Å². The molecule has 0 spiro atoms. The zero-order valence-corrected chi connectivity index (χ0v) is 9.05. The van der Waals surface area contributed by atoms with Crippen molar-refractivity contribution < 1.29 is 4.39 Å². The second-order valence-corrected chi connectivity index (χ2v) is 4.12. The Balaban J connectivity index is 2.80. The molecular weight excluding hydrogens is 177 g/mol. The summed E-state index contributed by atoms with van der Waals surface area (Å²) >= 11 is 0. The van der Waals surface area contributed by atoms with E-state index in [0.717, 1.165) is 6.42 Å². The van der Waals surface area contributed by atoms with Crippen LogP contribution < -0.4 is 5.73 Å². The van der Waals surface area contributed by atoms with Crippen molar-refractivity contribution in [2.75, 3.05) is 0 Å². The maximum Gasteiger partial charge on any atom is 0.126 e. The van der Waals surface area contributed by atoms with E-state index in [1.807, 2.05) is 19.1 Å². The molecule has 0 amide bonds. The van der Waals surface area contributed by atoms with Crippen molar-refractivity contribution in [3.8, 4) is 0 Å². The highest BCUT2D eigenvalue weighted by Gasteiger charge is 2.09. The first kappa shape index (κ1) is 11.2. The van der Waals surface area contributed by atoms with Crippen molar-refractivity contribution in [1.82, 2.24) is 0 Å². The lowest BCUT2D eigenvalue weighted by Gasteiger charge is -2.14. The predicted molar refractivity (Wildman–Crippen MR) is 57.8 cm³/mol. The molecule has 0 saturated carbocycles. The first-order valence-electron chi connectivity index (χ1n) is 5.02. The zero-order valence-electron chi connectivity index (χ0n) is 9.05. The molecule has 0 aromatic heterocycles. The van der Waals surface area contributed by atoms with Crippen LogP contribution in [-0.4, -0.2) is 6.04 Å². The molecule has 0 saturated heterocycles. The van der Waals surface area contributed by atoms with Crippen LogP contribution >= 0.6 is 0 Å². The molecule has 2 N–H and O–H groups in total. The van der Waals surface area contributed by atoms with Gasteiger partial charge in [-0.05, 0) is 43.4 Å². The minimum absolute atomic E-state index is 0.137. The maximum atomic E-state index is 13.0. The molecule has 0 aliphatic rings. The van der Waals surface area contributed by atoms with Gasteiger partial charge in [0.05, 0.1) is 0 Å². The molecule has 0 aliphatic heterocycles. The molecule has 2 unspecified atom stereocenters. The Hall–Kier alpha value is -0.890. The Labute approximate surface area is 85.1 Å². The average Bonchev–Trinajstić information content (AvgIpc) is 2.08. The van der Waals surface area contributed by atoms with Gasteiger partial charge in [-0.3, -0.25) is 0 Å². The van der Waals surface area contributed by atoms with Gasteiger partial charge in [0, 0.05) is 6.04 Å². The molecule has 2 atom stereocenters. The molecule has 14 heavy (non-hydrogen) atoms. The first-order valence-corrected chi connectivity index (χ1v) is 5.02. The summed E-state index contributed by atoms with van der Waals surface area (Å²) in [5.74, 6) is 0.260. The average molecular weight is 195 g/mol. The van der Waals surface area contributed by atoms with Gasteiger partial charge in [-0.15, -0.1) is 0 Å². The standard InChI is InChI=1S/C12H18FN/c1-8(6-10(3)14)11-4-5-12(13)9(2)7-11/h4-5,7-8,10H,6,14H2,1-3H3. The Morgan fingerprint density at radius 2 is 2.00 bits per heavy atom. The summed E-state index contributed by atoms with van der Waals surface area (Å²) in [5, 5.41) is 0. The highest BCUT2D eigenvalue weighted by Crippen LogP contribution is 2.22. The molecule has 1 rings (SSSR count). The number of halogens is 1. The molecule has 0 heterocycles. The molecule has 78 valence electrons. The van der Waals surface area contributed by atoms with Gasteiger partial charge < -0.3 is 5.73 Å². The second kappa shape index (κ2) is 4.56. The number of rotatable bonds is 3. The molecule has 1 aromatic rings. The van der Waals surface area contributed by atoms with Crippen LogP contribution in [-0.2, 0) is 0 Å². The van der Waals surface area contributed by atoms with Crippen LogP contribution in [0.15, 0.2) is 18.2 Å². The van der Waals surface area contributed by atoms with Gasteiger partial charge in [0.15, 0.2) is 0 Å². The summed E-state index contributed by atoms with van der Waals surface area (Å²) in [4.78, 5) is 0. The Morgan fingerprint density at radius 3 is 2.50 bits per heavy atom. The van der Waals surface area contributed by atoms with E-state index in [-0.39, 0.29) is 11.9 Å². The molecule has 1 nitrogen and oxygen atoms in total. The van der Waals surface area contributed by atoms with Gasteiger partial charge in [-0.25, -0.2) is 4.39 Å². The highest BCUT2D eigenvalue weighted by molar-refractivity contribution is 5.26. The normalized spacial score (nSPS) is 15.2. The van der Waals surface area contributed by atoms with Gasteiger partial charge in [0.25, 0.3) is 0 Å². The number of nitrogens with two attached hydrogens (primary N) is 1. The van der Waals surface area contributed by atoms with Crippen LogP contribution in [0.2, 0.25) is 0 Å². The largest absolute Gasteiger partial charge is 0.328 e. The zero-order chi connectivity index (χ0) is 10.7. The number of hydrogen-bond donors (Lipinski definition) is 1. The van der Waals surface area contributed by atoms with E-state index in [0.29, 0.717) is 11.5 Å². The monoisotopic (exact) mass is 195 g/mol. The lowest BCUT2D eigenvalue weighted by Crippen LogP contribution is -2.17. The molecule has 0 bridgehead atoms. The Kier molecular flexibility index (Phi) is 3.64. The fourth-order valence-electron chi connectivity index (χ4n) is 1.67. The van der Waals surface area contributed by atoms with E-state index in [2.05, 4.69) is 6.92 Å². The minimum Gasteiger partial charge on any atom is -0.328 e. The third-order valence-electron chi connectivity index (χ3n) is 2.48. The lowest BCUT2D eigenvalue weighted by atomic mass is 9.93. The summed E-state index contributed by atoms with van der Waals surface area (Å²) in [6.07, 6.45) is 0.936. The van der Waals surface area contributed by atoms with E-state index in [9.17, 15) is 4.39 Å². The molecule has 0 radical (unpaired) electrons. The van der Waals surface area contributed by atoms with Crippen molar-refractivity contribution in [2.24, 2.45) is 5.73 Å². The number of benzene rings is 1. The van der Waals surface area contributed by atoms with Gasteiger partial charge in [0.2, 0.25) is 0 Å². The summed E-state index contributed by atoms with van der Waals surface area (Å²) in [6.45, 7) is 5.90. The van der Waals surface area contributed by atoms with E-state index >= 15 is 0 Å². The number of aryl methyl sites for hydroxylation is 1. The molecule has 0 fully saturated rings. The molecule has 2 heteroatoms. The van der Waals surface area contributed by atoms with Crippen LogP contribution in [0.5, 0.6) is 0 Å². The first-order chi connectivity index (χ1) is 6.50. The number of hydrogen-bond acceptors (Lipinski definition) is 1. The molecule has 1 aromatic carbocycles. The topological polar surface area (TPSA) is 26.0 Å². The van der Waals surface area contributed by atoms with Crippen molar-refractivity contribution >= 4 is 0 Å².